The molecule has 0 radical (unpaired) electrons. The summed E-state index contributed by atoms with van der Waals surface area (Å²) in [5.74, 6) is -1.94. The van der Waals surface area contributed by atoms with Crippen LogP contribution >= 0.6 is 23.2 Å². The Balaban J connectivity index is 1.93. The van der Waals surface area contributed by atoms with Gasteiger partial charge in [-0.15, -0.1) is 10.6 Å². The van der Waals surface area contributed by atoms with Crippen LogP contribution in [0.1, 0.15) is 20.8 Å². The molecule has 3 rings (SSSR count). The molecule has 1 aromatic heterocycles. The lowest BCUT2D eigenvalue weighted by molar-refractivity contribution is -0.0493. The molecule has 0 unspecified atom stereocenters. The SMILES string of the molecule is CN1NNN=C1NC(=O)c1ccc(OC(F)F)c(NC(=O)c2cncc(Cl)n2)c1Cl. The number of alkyl halides is 2. The second-order valence-electron chi connectivity index (χ2n) is 5.53. The molecule has 0 aliphatic carbocycles. The predicted octanol–water partition coefficient (Wildman–Crippen LogP) is 1.59. The number of hydrazone groups is 1. The van der Waals surface area contributed by atoms with Crippen LogP contribution in [0.5, 0.6) is 5.75 Å². The van der Waals surface area contributed by atoms with Crippen LogP contribution in [0.2, 0.25) is 10.2 Å². The second-order valence-corrected chi connectivity index (χ2v) is 6.30. The number of amides is 2. The Morgan fingerprint density at radius 1 is 1.20 bits per heavy atom. The lowest BCUT2D eigenvalue weighted by Gasteiger charge is -2.17. The van der Waals surface area contributed by atoms with E-state index in [2.05, 4.69) is 41.5 Å². The summed E-state index contributed by atoms with van der Waals surface area (Å²) in [4.78, 5) is 32.5. The van der Waals surface area contributed by atoms with Crippen LogP contribution in [-0.2, 0) is 0 Å². The van der Waals surface area contributed by atoms with Crippen LogP contribution in [0.4, 0.5) is 14.5 Å². The van der Waals surface area contributed by atoms with Gasteiger partial charge in [0.1, 0.15) is 16.5 Å². The molecule has 2 heterocycles. The van der Waals surface area contributed by atoms with Crippen LogP contribution in [0.3, 0.4) is 0 Å². The number of halogens is 4. The van der Waals surface area contributed by atoms with E-state index in [1.165, 1.54) is 11.2 Å². The van der Waals surface area contributed by atoms with E-state index in [0.717, 1.165) is 18.3 Å². The van der Waals surface area contributed by atoms with Crippen molar-refractivity contribution >= 4 is 46.7 Å². The number of nitrogens with one attached hydrogen (secondary N) is 4. The highest BCUT2D eigenvalue weighted by Gasteiger charge is 2.24. The average Bonchev–Trinajstić information content (AvgIpc) is 3.08. The van der Waals surface area contributed by atoms with E-state index in [9.17, 15) is 18.4 Å². The van der Waals surface area contributed by atoms with Crippen molar-refractivity contribution in [2.24, 2.45) is 5.10 Å². The maximum atomic E-state index is 12.8. The molecule has 4 N–H and O–H groups in total. The number of hydrogen-bond acceptors (Lipinski definition) is 9. The number of carbonyl (C=O) groups is 2. The summed E-state index contributed by atoms with van der Waals surface area (Å²) in [6.07, 6.45) is 2.31. The first-order valence-corrected chi connectivity index (χ1v) is 8.71. The number of carbonyl (C=O) groups excluding carboxylic acids is 2. The summed E-state index contributed by atoms with van der Waals surface area (Å²) >= 11 is 11.9. The third-order valence-electron chi connectivity index (χ3n) is 3.56. The van der Waals surface area contributed by atoms with E-state index in [-0.39, 0.29) is 33.1 Å². The van der Waals surface area contributed by atoms with Crippen LogP contribution in [-0.4, -0.2) is 46.4 Å². The second kappa shape index (κ2) is 9.02. The van der Waals surface area contributed by atoms with Gasteiger partial charge in [0.05, 0.1) is 23.0 Å². The number of aromatic nitrogens is 2. The first-order chi connectivity index (χ1) is 14.3. The number of hydrazine groups is 2. The molecule has 0 fully saturated rings. The topological polar surface area (TPSA) is 133 Å². The number of nitrogens with zero attached hydrogens (tertiary/aromatic N) is 4. The van der Waals surface area contributed by atoms with Crippen LogP contribution < -0.4 is 26.4 Å². The molecule has 1 aromatic carbocycles. The van der Waals surface area contributed by atoms with Gasteiger partial charge >= 0.3 is 6.61 Å². The van der Waals surface area contributed by atoms with Crippen LogP contribution in [0, 0.1) is 0 Å². The molecule has 0 saturated heterocycles. The molecule has 0 atom stereocenters. The Hall–Kier alpha value is -3.29. The minimum atomic E-state index is -3.21. The molecular weight excluding hydrogens is 449 g/mol. The van der Waals surface area contributed by atoms with Crippen molar-refractivity contribution in [1.29, 1.82) is 0 Å². The van der Waals surface area contributed by atoms with Gasteiger partial charge in [0, 0.05) is 7.05 Å². The van der Waals surface area contributed by atoms with E-state index < -0.39 is 24.2 Å². The summed E-state index contributed by atoms with van der Waals surface area (Å²) < 4.78 is 30.0. The van der Waals surface area contributed by atoms with Gasteiger partial charge in [0.2, 0.25) is 5.96 Å². The van der Waals surface area contributed by atoms with Crippen molar-refractivity contribution in [2.45, 2.75) is 6.61 Å². The van der Waals surface area contributed by atoms with Gasteiger partial charge in [-0.05, 0) is 12.1 Å². The Labute approximate surface area is 177 Å². The minimum Gasteiger partial charge on any atom is -0.433 e. The highest BCUT2D eigenvalue weighted by Crippen LogP contribution is 2.36. The number of hydrogen-bond donors (Lipinski definition) is 4. The van der Waals surface area contributed by atoms with E-state index in [1.807, 2.05) is 0 Å². The van der Waals surface area contributed by atoms with E-state index in [4.69, 9.17) is 23.2 Å². The van der Waals surface area contributed by atoms with Crippen LogP contribution in [0.25, 0.3) is 0 Å². The molecule has 11 nitrogen and oxygen atoms in total. The largest absolute Gasteiger partial charge is 0.433 e. The quantitative estimate of drug-likeness (QED) is 0.528. The number of rotatable bonds is 5. The summed E-state index contributed by atoms with van der Waals surface area (Å²) in [6, 6.07) is 2.21. The third kappa shape index (κ3) is 4.82. The molecule has 158 valence electrons. The Morgan fingerprint density at radius 2 is 1.97 bits per heavy atom. The molecule has 2 aromatic rings. The van der Waals surface area contributed by atoms with Crippen molar-refractivity contribution in [3.63, 3.8) is 0 Å². The van der Waals surface area contributed by atoms with Gasteiger partial charge in [0.25, 0.3) is 11.8 Å². The number of ether oxygens (including phenoxy) is 1. The third-order valence-corrected chi connectivity index (χ3v) is 4.14. The smallest absolute Gasteiger partial charge is 0.387 e. The fraction of sp³-hybridized carbons (Fsp3) is 0.133. The van der Waals surface area contributed by atoms with Gasteiger partial charge in [-0.3, -0.25) is 24.9 Å². The minimum absolute atomic E-state index is 0.0605. The highest BCUT2D eigenvalue weighted by molar-refractivity contribution is 6.37. The lowest BCUT2D eigenvalue weighted by Crippen LogP contribution is -2.45. The van der Waals surface area contributed by atoms with Crippen molar-refractivity contribution in [1.82, 2.24) is 31.4 Å². The highest BCUT2D eigenvalue weighted by atomic mass is 35.5. The molecule has 15 heteroatoms. The first kappa shape index (κ1) is 21.4. The van der Waals surface area contributed by atoms with Gasteiger partial charge in [-0.2, -0.15) is 8.78 Å². The zero-order valence-electron chi connectivity index (χ0n) is 14.9. The maximum absolute atomic E-state index is 12.8. The summed E-state index contributed by atoms with van der Waals surface area (Å²) in [5, 5.41) is 9.46. The fourth-order valence-electron chi connectivity index (χ4n) is 2.24. The zero-order valence-corrected chi connectivity index (χ0v) is 16.4. The zero-order chi connectivity index (χ0) is 21.8. The van der Waals surface area contributed by atoms with Crippen molar-refractivity contribution < 1.29 is 23.1 Å². The van der Waals surface area contributed by atoms with E-state index in [1.54, 1.807) is 7.05 Å². The summed E-state index contributed by atoms with van der Waals surface area (Å²) in [6.45, 7) is -3.21. The molecule has 1 aliphatic heterocycles. The van der Waals surface area contributed by atoms with E-state index >= 15 is 0 Å². The molecule has 0 saturated carbocycles. The molecule has 1 aliphatic rings. The standard InChI is InChI=1S/C15H12Cl2F2N8O3/c1-27-15(24-25-26-27)23-12(28)6-2-3-8(30-14(18)19)11(10(6)17)22-13(29)7-4-20-5-9(16)21-7/h2-5,14,25-26H,1H3,(H,22,29)(H,23,24,28). The molecular formula is C15H12Cl2F2N8O3. The normalized spacial score (nSPS) is 13.0. The predicted molar refractivity (Wildman–Crippen MR) is 102 cm³/mol. The number of guanidine groups is 1. The molecule has 0 bridgehead atoms. The van der Waals surface area contributed by atoms with Gasteiger partial charge in [-0.25, -0.2) is 10.5 Å². The van der Waals surface area contributed by atoms with Crippen molar-refractivity contribution in [3.8, 4) is 5.75 Å². The first-order valence-electron chi connectivity index (χ1n) is 7.96. The maximum Gasteiger partial charge on any atom is 0.387 e. The van der Waals surface area contributed by atoms with Gasteiger partial charge in [0.15, 0.2) is 5.75 Å². The molecule has 30 heavy (non-hydrogen) atoms. The number of anilines is 1. The molecule has 0 spiro atoms. The van der Waals surface area contributed by atoms with Gasteiger partial charge < -0.3 is 10.1 Å². The summed E-state index contributed by atoms with van der Waals surface area (Å²) in [7, 11) is 1.57. The summed E-state index contributed by atoms with van der Waals surface area (Å²) in [5.41, 5.74) is 4.27. The van der Waals surface area contributed by atoms with Crippen LogP contribution in [0.15, 0.2) is 29.6 Å². The average molecular weight is 461 g/mol. The van der Waals surface area contributed by atoms with Crippen molar-refractivity contribution in [3.05, 3.63) is 46.0 Å². The Morgan fingerprint density at radius 3 is 2.60 bits per heavy atom. The Kier molecular flexibility index (Phi) is 6.44. The Bertz CT molecular complexity index is 1020. The van der Waals surface area contributed by atoms with E-state index in [0.29, 0.717) is 0 Å². The monoisotopic (exact) mass is 460 g/mol. The fourth-order valence-corrected chi connectivity index (χ4v) is 2.67. The number of benzene rings is 1. The lowest BCUT2D eigenvalue weighted by atomic mass is 10.1. The van der Waals surface area contributed by atoms with Gasteiger partial charge in [-0.1, -0.05) is 23.2 Å². The molecule has 2 amide bonds. The van der Waals surface area contributed by atoms with Crippen molar-refractivity contribution in [2.75, 3.05) is 12.4 Å².